The summed E-state index contributed by atoms with van der Waals surface area (Å²) < 4.78 is 0. The molecule has 0 saturated heterocycles. The van der Waals surface area contributed by atoms with Crippen LogP contribution in [-0.4, -0.2) is 0 Å². The summed E-state index contributed by atoms with van der Waals surface area (Å²) in [5, 5.41) is 0. The smallest absolute Gasteiger partial charge is 0.0323 e. The van der Waals surface area contributed by atoms with Crippen LogP contribution < -0.4 is 0 Å². The Kier molecular flexibility index (Phi) is 8.64. The van der Waals surface area contributed by atoms with Crippen LogP contribution in [-0.2, 0) is 0 Å². The molecule has 0 aliphatic heterocycles. The lowest BCUT2D eigenvalue weighted by Gasteiger charge is -2.03. The molecule has 0 radical (unpaired) electrons. The summed E-state index contributed by atoms with van der Waals surface area (Å²) in [6, 6.07) is 0. The highest BCUT2D eigenvalue weighted by atomic mass is 14.0. The Bertz CT molecular complexity index is 90.6. The molecule has 0 heteroatoms. The summed E-state index contributed by atoms with van der Waals surface area (Å²) in [7, 11) is 0. The Morgan fingerprint density at radius 1 is 0.833 bits per heavy atom. The monoisotopic (exact) mass is 168 g/mol. The molecule has 0 amide bonds. The average Bonchev–Trinajstić information content (AvgIpc) is 2.06. The summed E-state index contributed by atoms with van der Waals surface area (Å²) in [6.45, 7) is 8.60. The molecule has 0 fully saturated rings. The van der Waals surface area contributed by atoms with E-state index in [1.165, 1.54) is 56.9 Å². The Balaban J connectivity index is 3.10. The maximum absolute atomic E-state index is 4.10. The van der Waals surface area contributed by atoms with Crippen molar-refractivity contribution in [2.75, 3.05) is 0 Å². The van der Waals surface area contributed by atoms with E-state index in [4.69, 9.17) is 0 Å². The van der Waals surface area contributed by atoms with Crippen LogP contribution in [0.15, 0.2) is 12.2 Å². The second-order valence-corrected chi connectivity index (χ2v) is 3.66. The topological polar surface area (TPSA) is 0 Å². The lowest BCUT2D eigenvalue weighted by Crippen LogP contribution is -1.83. The van der Waals surface area contributed by atoms with Crippen LogP contribution in [0.4, 0.5) is 0 Å². The van der Waals surface area contributed by atoms with Crippen LogP contribution in [0, 0.1) is 0 Å². The fourth-order valence-electron chi connectivity index (χ4n) is 1.37. The van der Waals surface area contributed by atoms with Crippen molar-refractivity contribution in [3.8, 4) is 0 Å². The largest absolute Gasteiger partial charge is 0.0999 e. The molecule has 0 aromatic heterocycles. The van der Waals surface area contributed by atoms with Gasteiger partial charge in [-0.2, -0.15) is 0 Å². The summed E-state index contributed by atoms with van der Waals surface area (Å²) in [6.07, 6.45) is 10.6. The van der Waals surface area contributed by atoms with Gasteiger partial charge in [0.1, 0.15) is 0 Å². The quantitative estimate of drug-likeness (QED) is 0.364. The molecule has 0 spiro atoms. The second kappa shape index (κ2) is 8.83. The molecule has 0 N–H and O–H groups in total. The Hall–Kier alpha value is -0.260. The van der Waals surface area contributed by atoms with E-state index in [0.29, 0.717) is 0 Å². The third kappa shape index (κ3) is 7.84. The number of rotatable bonds is 8. The molecular formula is C12H24. The van der Waals surface area contributed by atoms with E-state index in [2.05, 4.69) is 20.4 Å². The first-order valence-electron chi connectivity index (χ1n) is 5.47. The first-order chi connectivity index (χ1) is 5.81. The molecule has 0 aliphatic rings. The summed E-state index contributed by atoms with van der Waals surface area (Å²) in [5.74, 6) is 0. The van der Waals surface area contributed by atoms with Crippen molar-refractivity contribution in [3.63, 3.8) is 0 Å². The van der Waals surface area contributed by atoms with Crippen LogP contribution >= 0.6 is 0 Å². The van der Waals surface area contributed by atoms with Crippen LogP contribution in [0.3, 0.4) is 0 Å². The molecule has 12 heavy (non-hydrogen) atoms. The van der Waals surface area contributed by atoms with Crippen molar-refractivity contribution < 1.29 is 0 Å². The third-order valence-electron chi connectivity index (χ3n) is 2.27. The summed E-state index contributed by atoms with van der Waals surface area (Å²) in [4.78, 5) is 0. The van der Waals surface area contributed by atoms with Gasteiger partial charge < -0.3 is 0 Å². The molecule has 0 heterocycles. The van der Waals surface area contributed by atoms with Gasteiger partial charge in [-0.1, -0.05) is 51.7 Å². The van der Waals surface area contributed by atoms with Gasteiger partial charge in [0.25, 0.3) is 0 Å². The molecule has 0 rings (SSSR count). The fourth-order valence-corrected chi connectivity index (χ4v) is 1.37. The van der Waals surface area contributed by atoms with Gasteiger partial charge in [0.05, 0.1) is 0 Å². The van der Waals surface area contributed by atoms with Gasteiger partial charge in [-0.3, -0.25) is 0 Å². The normalized spacial score (nSPS) is 10.2. The van der Waals surface area contributed by atoms with Crippen molar-refractivity contribution in [1.29, 1.82) is 0 Å². The first kappa shape index (κ1) is 11.7. The van der Waals surface area contributed by atoms with Crippen molar-refractivity contribution in [2.45, 2.75) is 65.2 Å². The molecule has 0 aliphatic carbocycles. The Morgan fingerprint density at radius 2 is 1.25 bits per heavy atom. The molecule has 72 valence electrons. The van der Waals surface area contributed by atoms with E-state index in [1.807, 2.05) is 0 Å². The van der Waals surface area contributed by atoms with E-state index in [-0.39, 0.29) is 0 Å². The Labute approximate surface area is 78.1 Å². The molecule has 0 unspecified atom stereocenters. The number of hydrogen-bond donors (Lipinski definition) is 0. The van der Waals surface area contributed by atoms with Crippen LogP contribution in [0.2, 0.25) is 0 Å². The standard InChI is InChI=1S/C12H24/c1-4-6-8-10-12(3)11-9-7-5-2/h3-11H2,1-2H3. The van der Waals surface area contributed by atoms with Crippen LogP contribution in [0.25, 0.3) is 0 Å². The zero-order chi connectivity index (χ0) is 9.23. The lowest BCUT2D eigenvalue weighted by molar-refractivity contribution is 0.661. The summed E-state index contributed by atoms with van der Waals surface area (Å²) in [5.41, 5.74) is 1.47. The van der Waals surface area contributed by atoms with Crippen molar-refractivity contribution >= 4 is 0 Å². The maximum Gasteiger partial charge on any atom is -0.0323 e. The van der Waals surface area contributed by atoms with E-state index < -0.39 is 0 Å². The molecule has 0 saturated carbocycles. The van der Waals surface area contributed by atoms with Crippen molar-refractivity contribution in [3.05, 3.63) is 12.2 Å². The van der Waals surface area contributed by atoms with Gasteiger partial charge in [-0.25, -0.2) is 0 Å². The maximum atomic E-state index is 4.10. The van der Waals surface area contributed by atoms with Gasteiger partial charge in [0, 0.05) is 0 Å². The minimum atomic E-state index is 1.26. The zero-order valence-corrected chi connectivity index (χ0v) is 8.86. The van der Waals surface area contributed by atoms with Gasteiger partial charge in [0.2, 0.25) is 0 Å². The fraction of sp³-hybridized carbons (Fsp3) is 0.833. The zero-order valence-electron chi connectivity index (χ0n) is 8.86. The predicted octanol–water partition coefficient (Wildman–Crippen LogP) is 4.70. The van der Waals surface area contributed by atoms with Gasteiger partial charge in [-0.15, -0.1) is 0 Å². The predicted molar refractivity (Wildman–Crippen MR) is 57.4 cm³/mol. The lowest BCUT2D eigenvalue weighted by atomic mass is 10.0. The average molecular weight is 168 g/mol. The van der Waals surface area contributed by atoms with E-state index in [9.17, 15) is 0 Å². The van der Waals surface area contributed by atoms with Gasteiger partial charge >= 0.3 is 0 Å². The van der Waals surface area contributed by atoms with E-state index in [0.717, 1.165) is 0 Å². The van der Waals surface area contributed by atoms with Crippen LogP contribution in [0.5, 0.6) is 0 Å². The highest BCUT2D eigenvalue weighted by Crippen LogP contribution is 2.13. The van der Waals surface area contributed by atoms with E-state index >= 15 is 0 Å². The molecule has 0 bridgehead atoms. The van der Waals surface area contributed by atoms with Crippen molar-refractivity contribution in [2.24, 2.45) is 0 Å². The minimum Gasteiger partial charge on any atom is -0.0999 e. The SMILES string of the molecule is C=C(CCCCC)CCCCC. The summed E-state index contributed by atoms with van der Waals surface area (Å²) >= 11 is 0. The third-order valence-corrected chi connectivity index (χ3v) is 2.27. The molecule has 0 atom stereocenters. The molecule has 0 aromatic rings. The molecule has 0 aromatic carbocycles. The number of unbranched alkanes of at least 4 members (excludes halogenated alkanes) is 4. The van der Waals surface area contributed by atoms with Crippen molar-refractivity contribution in [1.82, 2.24) is 0 Å². The molecular weight excluding hydrogens is 144 g/mol. The van der Waals surface area contributed by atoms with E-state index in [1.54, 1.807) is 0 Å². The minimum absolute atomic E-state index is 1.26. The first-order valence-corrected chi connectivity index (χ1v) is 5.47. The highest BCUT2D eigenvalue weighted by Gasteiger charge is 1.94. The van der Waals surface area contributed by atoms with Gasteiger partial charge in [0.15, 0.2) is 0 Å². The Morgan fingerprint density at radius 3 is 1.58 bits per heavy atom. The van der Waals surface area contributed by atoms with Crippen LogP contribution in [0.1, 0.15) is 65.2 Å². The second-order valence-electron chi connectivity index (χ2n) is 3.66. The highest BCUT2D eigenvalue weighted by molar-refractivity contribution is 4.93. The molecule has 0 nitrogen and oxygen atoms in total. The van der Waals surface area contributed by atoms with Gasteiger partial charge in [-0.05, 0) is 25.7 Å². The number of hydrogen-bond acceptors (Lipinski definition) is 0. The number of allylic oxidation sites excluding steroid dienone is 1.